The zero-order valence-electron chi connectivity index (χ0n) is 14.0. The SMILES string of the molecule is CC(C)C(=O)OC(C)C(=O)N1c2ccccc2NC(=O)C1(C)C. The molecule has 23 heavy (non-hydrogen) atoms. The van der Waals surface area contributed by atoms with Crippen LogP contribution in [0, 0.1) is 5.92 Å². The Labute approximate surface area is 135 Å². The molecular weight excluding hydrogens is 296 g/mol. The first-order valence-electron chi connectivity index (χ1n) is 7.61. The fraction of sp³-hybridized carbons (Fsp3) is 0.471. The Morgan fingerprint density at radius 1 is 1.17 bits per heavy atom. The number of fused-ring (bicyclic) bond motifs is 1. The molecule has 1 N–H and O–H groups in total. The molecule has 1 aliphatic heterocycles. The van der Waals surface area contributed by atoms with E-state index in [1.165, 1.54) is 11.8 Å². The Morgan fingerprint density at radius 3 is 2.39 bits per heavy atom. The van der Waals surface area contributed by atoms with Crippen molar-refractivity contribution < 1.29 is 19.1 Å². The number of benzene rings is 1. The molecule has 0 saturated heterocycles. The van der Waals surface area contributed by atoms with Gasteiger partial charge in [-0.3, -0.25) is 19.3 Å². The van der Waals surface area contributed by atoms with Crippen molar-refractivity contribution in [2.45, 2.75) is 46.3 Å². The fourth-order valence-electron chi connectivity index (χ4n) is 2.39. The summed E-state index contributed by atoms with van der Waals surface area (Å²) < 4.78 is 5.21. The molecule has 0 saturated carbocycles. The van der Waals surface area contributed by atoms with E-state index < -0.39 is 23.5 Å². The van der Waals surface area contributed by atoms with Crippen molar-refractivity contribution in [2.75, 3.05) is 10.2 Å². The van der Waals surface area contributed by atoms with Crippen LogP contribution in [0.2, 0.25) is 0 Å². The number of nitrogens with zero attached hydrogens (tertiary/aromatic N) is 1. The number of esters is 1. The predicted molar refractivity (Wildman–Crippen MR) is 87.0 cm³/mol. The Balaban J connectivity index is 2.37. The lowest BCUT2D eigenvalue weighted by Gasteiger charge is -2.42. The molecule has 1 atom stereocenters. The Bertz CT molecular complexity index is 652. The summed E-state index contributed by atoms with van der Waals surface area (Å²) in [5.41, 5.74) is 0.0753. The second kappa shape index (κ2) is 6.02. The highest BCUT2D eigenvalue weighted by molar-refractivity contribution is 6.15. The van der Waals surface area contributed by atoms with Crippen molar-refractivity contribution in [3.8, 4) is 0 Å². The number of carbonyl (C=O) groups excluding carboxylic acids is 3. The number of hydrogen-bond donors (Lipinski definition) is 1. The standard InChI is InChI=1S/C17H22N2O4/c1-10(2)15(21)23-11(3)14(20)19-13-9-7-6-8-12(13)18-16(22)17(19,4)5/h6-11H,1-5H3,(H,18,22). The van der Waals surface area contributed by atoms with Crippen LogP contribution in [-0.4, -0.2) is 29.4 Å². The van der Waals surface area contributed by atoms with Crippen molar-refractivity contribution in [1.29, 1.82) is 0 Å². The van der Waals surface area contributed by atoms with Crippen LogP contribution in [0.15, 0.2) is 24.3 Å². The quantitative estimate of drug-likeness (QED) is 0.868. The van der Waals surface area contributed by atoms with Crippen LogP contribution in [0.1, 0.15) is 34.6 Å². The van der Waals surface area contributed by atoms with Gasteiger partial charge in [-0.25, -0.2) is 0 Å². The van der Waals surface area contributed by atoms with Gasteiger partial charge in [0.2, 0.25) is 5.91 Å². The van der Waals surface area contributed by atoms with Gasteiger partial charge in [0.1, 0.15) is 5.54 Å². The Kier molecular flexibility index (Phi) is 4.45. The van der Waals surface area contributed by atoms with Gasteiger partial charge in [0.05, 0.1) is 17.3 Å². The molecule has 0 aromatic heterocycles. The van der Waals surface area contributed by atoms with Crippen LogP contribution in [0.3, 0.4) is 0 Å². The summed E-state index contributed by atoms with van der Waals surface area (Å²) >= 11 is 0. The van der Waals surface area contributed by atoms with Gasteiger partial charge in [-0.15, -0.1) is 0 Å². The van der Waals surface area contributed by atoms with Crippen molar-refractivity contribution in [2.24, 2.45) is 5.92 Å². The molecule has 1 aromatic rings. The molecule has 0 aliphatic carbocycles. The molecule has 6 heteroatoms. The van der Waals surface area contributed by atoms with Gasteiger partial charge in [0, 0.05) is 0 Å². The number of rotatable bonds is 3. The van der Waals surface area contributed by atoms with Gasteiger partial charge in [-0.05, 0) is 32.9 Å². The average Bonchev–Trinajstić information content (AvgIpc) is 2.47. The molecule has 1 aromatic carbocycles. The summed E-state index contributed by atoms with van der Waals surface area (Å²) in [5.74, 6) is -1.48. The largest absolute Gasteiger partial charge is 0.452 e. The Morgan fingerprint density at radius 2 is 1.78 bits per heavy atom. The van der Waals surface area contributed by atoms with E-state index in [1.807, 2.05) is 0 Å². The number of para-hydroxylation sites is 2. The molecule has 1 aliphatic rings. The average molecular weight is 318 g/mol. The van der Waals surface area contributed by atoms with Crippen molar-refractivity contribution >= 4 is 29.2 Å². The number of hydrogen-bond acceptors (Lipinski definition) is 4. The topological polar surface area (TPSA) is 75.7 Å². The van der Waals surface area contributed by atoms with Crippen LogP contribution >= 0.6 is 0 Å². The molecule has 0 bridgehead atoms. The highest BCUT2D eigenvalue weighted by Crippen LogP contribution is 2.37. The van der Waals surface area contributed by atoms with Crippen LogP contribution in [0.4, 0.5) is 11.4 Å². The molecule has 0 radical (unpaired) electrons. The molecule has 0 fully saturated rings. The van der Waals surface area contributed by atoms with Crippen molar-refractivity contribution in [3.63, 3.8) is 0 Å². The van der Waals surface area contributed by atoms with Crippen LogP contribution in [0.25, 0.3) is 0 Å². The van der Waals surface area contributed by atoms with Gasteiger partial charge in [-0.2, -0.15) is 0 Å². The maximum Gasteiger partial charge on any atom is 0.309 e. The lowest BCUT2D eigenvalue weighted by atomic mass is 9.95. The first-order chi connectivity index (χ1) is 10.7. The summed E-state index contributed by atoms with van der Waals surface area (Å²) in [4.78, 5) is 38.3. The minimum atomic E-state index is -1.08. The van der Waals surface area contributed by atoms with E-state index in [2.05, 4.69) is 5.32 Å². The molecule has 0 spiro atoms. The number of ether oxygens (including phenoxy) is 1. The molecule has 2 rings (SSSR count). The van der Waals surface area contributed by atoms with E-state index in [1.54, 1.807) is 52.0 Å². The summed E-state index contributed by atoms with van der Waals surface area (Å²) in [6.07, 6.45) is -0.969. The zero-order chi connectivity index (χ0) is 17.4. The second-order valence-corrected chi connectivity index (χ2v) is 6.44. The maximum absolute atomic E-state index is 12.8. The normalized spacial score (nSPS) is 17.3. The summed E-state index contributed by atoms with van der Waals surface area (Å²) in [6.45, 7) is 8.24. The van der Waals surface area contributed by atoms with E-state index in [0.717, 1.165) is 0 Å². The molecular formula is C17H22N2O4. The first kappa shape index (κ1) is 17.0. The number of amides is 2. The van der Waals surface area contributed by atoms with Crippen molar-refractivity contribution in [3.05, 3.63) is 24.3 Å². The predicted octanol–water partition coefficient (Wildman–Crippen LogP) is 2.34. The summed E-state index contributed by atoms with van der Waals surface area (Å²) in [7, 11) is 0. The van der Waals surface area contributed by atoms with E-state index in [4.69, 9.17) is 4.74 Å². The third-order valence-corrected chi connectivity index (χ3v) is 3.84. The lowest BCUT2D eigenvalue weighted by Crippen LogP contribution is -2.60. The maximum atomic E-state index is 12.8. The summed E-state index contributed by atoms with van der Waals surface area (Å²) in [5, 5.41) is 2.79. The van der Waals surface area contributed by atoms with Crippen LogP contribution in [0.5, 0.6) is 0 Å². The van der Waals surface area contributed by atoms with Gasteiger partial charge in [-0.1, -0.05) is 26.0 Å². The van der Waals surface area contributed by atoms with Crippen molar-refractivity contribution in [1.82, 2.24) is 0 Å². The third kappa shape index (κ3) is 3.06. The zero-order valence-corrected chi connectivity index (χ0v) is 14.0. The van der Waals surface area contributed by atoms with Crippen LogP contribution in [-0.2, 0) is 19.1 Å². The smallest absolute Gasteiger partial charge is 0.309 e. The number of anilines is 2. The minimum Gasteiger partial charge on any atom is -0.452 e. The third-order valence-electron chi connectivity index (χ3n) is 3.84. The van der Waals surface area contributed by atoms with Gasteiger partial charge in [0.15, 0.2) is 6.10 Å². The van der Waals surface area contributed by atoms with Gasteiger partial charge >= 0.3 is 5.97 Å². The highest BCUT2D eigenvalue weighted by Gasteiger charge is 2.45. The molecule has 2 amide bonds. The van der Waals surface area contributed by atoms with E-state index in [-0.39, 0.29) is 11.8 Å². The monoisotopic (exact) mass is 318 g/mol. The molecule has 6 nitrogen and oxygen atoms in total. The van der Waals surface area contributed by atoms with Gasteiger partial charge in [0.25, 0.3) is 5.91 Å². The van der Waals surface area contributed by atoms with E-state index in [9.17, 15) is 14.4 Å². The second-order valence-electron chi connectivity index (χ2n) is 6.44. The Hall–Kier alpha value is -2.37. The number of nitrogens with one attached hydrogen (secondary N) is 1. The fourth-order valence-corrected chi connectivity index (χ4v) is 2.39. The molecule has 1 heterocycles. The molecule has 1 unspecified atom stereocenters. The first-order valence-corrected chi connectivity index (χ1v) is 7.61. The van der Waals surface area contributed by atoms with E-state index >= 15 is 0 Å². The molecule has 124 valence electrons. The number of carbonyl (C=O) groups is 3. The lowest BCUT2D eigenvalue weighted by molar-refractivity contribution is -0.157. The minimum absolute atomic E-state index is 0.285. The summed E-state index contributed by atoms with van der Waals surface area (Å²) in [6, 6.07) is 7.05. The highest BCUT2D eigenvalue weighted by atomic mass is 16.5. The van der Waals surface area contributed by atoms with Crippen LogP contribution < -0.4 is 10.2 Å². The van der Waals surface area contributed by atoms with Gasteiger partial charge < -0.3 is 10.1 Å². The van der Waals surface area contributed by atoms with E-state index in [0.29, 0.717) is 11.4 Å².